The monoisotopic (exact) mass is 257 g/mol. The van der Waals surface area contributed by atoms with Gasteiger partial charge in [0.2, 0.25) is 5.95 Å². The van der Waals surface area contributed by atoms with Gasteiger partial charge in [-0.1, -0.05) is 0 Å². The average molecular weight is 257 g/mol. The Balaban J connectivity index is 2.03. The van der Waals surface area contributed by atoms with Crippen LogP contribution in [0.4, 0.5) is 5.95 Å². The number of amides is 1. The van der Waals surface area contributed by atoms with Gasteiger partial charge in [-0.25, -0.2) is 9.97 Å². The van der Waals surface area contributed by atoms with Gasteiger partial charge in [0.05, 0.1) is 0 Å². The zero-order valence-corrected chi connectivity index (χ0v) is 10.5. The zero-order valence-electron chi connectivity index (χ0n) is 10.5. The van der Waals surface area contributed by atoms with Crippen LogP contribution in [0.15, 0.2) is 30.2 Å². The molecule has 1 aliphatic rings. The third kappa shape index (κ3) is 3.52. The van der Waals surface area contributed by atoms with Crippen molar-refractivity contribution in [1.82, 2.24) is 14.9 Å². The number of piperidine rings is 1. The van der Waals surface area contributed by atoms with Gasteiger partial charge in [-0.05, 0) is 25.3 Å². The van der Waals surface area contributed by atoms with Crippen molar-refractivity contribution in [2.24, 2.45) is 0 Å². The highest BCUT2D eigenvalue weighted by molar-refractivity contribution is 5.97. The maximum Gasteiger partial charge on any atom is 0.266 e. The molecule has 1 aromatic heterocycles. The van der Waals surface area contributed by atoms with Crippen LogP contribution in [-0.2, 0) is 4.79 Å². The molecule has 0 radical (unpaired) electrons. The summed E-state index contributed by atoms with van der Waals surface area (Å²) < 4.78 is 0. The predicted octanol–water partition coefficient (Wildman–Crippen LogP) is 1.31. The molecule has 1 aromatic rings. The van der Waals surface area contributed by atoms with Crippen LogP contribution >= 0.6 is 0 Å². The van der Waals surface area contributed by atoms with E-state index in [0.29, 0.717) is 5.95 Å². The standard InChI is InChI=1S/C13H15N5O/c14-9-11(10-17-13-15-5-4-6-16-13)12(19)18-7-2-1-3-8-18/h4-6,10H,1-3,7-8H2,(H,15,16,17)/b11-10-. The van der Waals surface area contributed by atoms with Gasteiger partial charge in [0, 0.05) is 31.7 Å². The summed E-state index contributed by atoms with van der Waals surface area (Å²) in [5, 5.41) is 11.8. The largest absolute Gasteiger partial charge is 0.338 e. The molecular weight excluding hydrogens is 242 g/mol. The fourth-order valence-electron chi connectivity index (χ4n) is 1.92. The van der Waals surface area contributed by atoms with Crippen molar-refractivity contribution in [3.63, 3.8) is 0 Å². The number of nitriles is 1. The third-order valence-corrected chi connectivity index (χ3v) is 2.91. The minimum Gasteiger partial charge on any atom is -0.338 e. The second-order valence-corrected chi connectivity index (χ2v) is 4.24. The van der Waals surface area contributed by atoms with Gasteiger partial charge in [0.15, 0.2) is 0 Å². The van der Waals surface area contributed by atoms with Gasteiger partial charge in [-0.2, -0.15) is 5.26 Å². The average Bonchev–Trinajstić information content (AvgIpc) is 2.49. The van der Waals surface area contributed by atoms with E-state index in [-0.39, 0.29) is 11.5 Å². The molecule has 0 aromatic carbocycles. The molecule has 0 spiro atoms. The van der Waals surface area contributed by atoms with E-state index in [0.717, 1.165) is 32.4 Å². The highest BCUT2D eigenvalue weighted by atomic mass is 16.2. The summed E-state index contributed by atoms with van der Waals surface area (Å²) in [5.74, 6) is 0.132. The Morgan fingerprint density at radius 2 is 2.00 bits per heavy atom. The Kier molecular flexibility index (Phi) is 4.45. The van der Waals surface area contributed by atoms with Gasteiger partial charge >= 0.3 is 0 Å². The maximum atomic E-state index is 12.1. The van der Waals surface area contributed by atoms with E-state index >= 15 is 0 Å². The van der Waals surface area contributed by atoms with Gasteiger partial charge in [-0.15, -0.1) is 0 Å². The van der Waals surface area contributed by atoms with Gasteiger partial charge in [0.25, 0.3) is 5.91 Å². The number of anilines is 1. The number of nitrogens with one attached hydrogen (secondary N) is 1. The molecule has 98 valence electrons. The number of nitrogens with zero attached hydrogens (tertiary/aromatic N) is 4. The first kappa shape index (κ1) is 13.0. The Morgan fingerprint density at radius 3 is 2.63 bits per heavy atom. The number of likely N-dealkylation sites (tertiary alicyclic amines) is 1. The molecule has 6 heteroatoms. The van der Waals surface area contributed by atoms with E-state index in [4.69, 9.17) is 5.26 Å². The summed E-state index contributed by atoms with van der Waals surface area (Å²) in [6, 6.07) is 3.61. The molecule has 1 amide bonds. The van der Waals surface area contributed by atoms with E-state index in [2.05, 4.69) is 15.3 Å². The first-order chi connectivity index (χ1) is 9.31. The lowest BCUT2D eigenvalue weighted by Crippen LogP contribution is -2.36. The van der Waals surface area contributed by atoms with Crippen molar-refractivity contribution >= 4 is 11.9 Å². The molecule has 2 heterocycles. The Bertz CT molecular complexity index is 500. The highest BCUT2D eigenvalue weighted by Gasteiger charge is 2.20. The SMILES string of the molecule is N#C/C(=C/Nc1ncccn1)C(=O)N1CCCCC1. The molecule has 6 nitrogen and oxygen atoms in total. The molecule has 0 atom stereocenters. The number of carbonyl (C=O) groups excluding carboxylic acids is 1. The van der Waals surface area contributed by atoms with Gasteiger partial charge in [0.1, 0.15) is 11.6 Å². The lowest BCUT2D eigenvalue weighted by Gasteiger charge is -2.26. The van der Waals surface area contributed by atoms with E-state index in [1.807, 2.05) is 6.07 Å². The number of hydrogen-bond donors (Lipinski definition) is 1. The van der Waals surface area contributed by atoms with Crippen molar-refractivity contribution < 1.29 is 4.79 Å². The fraction of sp³-hybridized carbons (Fsp3) is 0.385. The minimum atomic E-state index is -0.231. The van der Waals surface area contributed by atoms with Crippen molar-refractivity contribution in [3.8, 4) is 6.07 Å². The number of rotatable bonds is 3. The van der Waals surface area contributed by atoms with Crippen molar-refractivity contribution in [1.29, 1.82) is 5.26 Å². The number of aromatic nitrogens is 2. The van der Waals surface area contributed by atoms with Crippen LogP contribution in [0.3, 0.4) is 0 Å². The molecule has 1 fully saturated rings. The number of hydrogen-bond acceptors (Lipinski definition) is 5. The molecule has 1 saturated heterocycles. The van der Waals surface area contributed by atoms with Crippen molar-refractivity contribution in [2.75, 3.05) is 18.4 Å². The maximum absolute atomic E-state index is 12.1. The summed E-state index contributed by atoms with van der Waals surface area (Å²) in [7, 11) is 0. The first-order valence-corrected chi connectivity index (χ1v) is 6.24. The van der Waals surface area contributed by atoms with Crippen LogP contribution in [0.2, 0.25) is 0 Å². The van der Waals surface area contributed by atoms with Crippen LogP contribution in [0.1, 0.15) is 19.3 Å². The Labute approximate surface area is 111 Å². The summed E-state index contributed by atoms with van der Waals surface area (Å²) in [4.78, 5) is 21.7. The molecule has 0 bridgehead atoms. The topological polar surface area (TPSA) is 81.9 Å². The molecule has 0 unspecified atom stereocenters. The summed E-state index contributed by atoms with van der Waals surface area (Å²) in [6.07, 6.45) is 7.68. The van der Waals surface area contributed by atoms with Gasteiger partial charge < -0.3 is 10.2 Å². The van der Waals surface area contributed by atoms with Crippen LogP contribution in [0, 0.1) is 11.3 Å². The molecule has 1 N–H and O–H groups in total. The van der Waals surface area contributed by atoms with E-state index in [1.165, 1.54) is 6.20 Å². The molecule has 19 heavy (non-hydrogen) atoms. The highest BCUT2D eigenvalue weighted by Crippen LogP contribution is 2.12. The lowest BCUT2D eigenvalue weighted by atomic mass is 10.1. The molecule has 0 aliphatic carbocycles. The van der Waals surface area contributed by atoms with Crippen LogP contribution in [0.25, 0.3) is 0 Å². The molecular formula is C13H15N5O. The van der Waals surface area contributed by atoms with Crippen LogP contribution in [0.5, 0.6) is 0 Å². The van der Waals surface area contributed by atoms with Gasteiger partial charge in [-0.3, -0.25) is 4.79 Å². The van der Waals surface area contributed by atoms with Crippen molar-refractivity contribution in [2.45, 2.75) is 19.3 Å². The summed E-state index contributed by atoms with van der Waals surface area (Å²) in [5.41, 5.74) is 0.0781. The zero-order chi connectivity index (χ0) is 13.5. The van der Waals surface area contributed by atoms with E-state index in [1.54, 1.807) is 23.4 Å². The second-order valence-electron chi connectivity index (χ2n) is 4.24. The number of carbonyl (C=O) groups is 1. The second kappa shape index (κ2) is 6.50. The van der Waals surface area contributed by atoms with E-state index in [9.17, 15) is 4.79 Å². The normalized spacial score (nSPS) is 15.7. The van der Waals surface area contributed by atoms with Crippen LogP contribution in [-0.4, -0.2) is 33.9 Å². The van der Waals surface area contributed by atoms with Crippen LogP contribution < -0.4 is 5.32 Å². The predicted molar refractivity (Wildman–Crippen MR) is 69.8 cm³/mol. The first-order valence-electron chi connectivity index (χ1n) is 6.24. The molecule has 0 saturated carbocycles. The Hall–Kier alpha value is -2.42. The fourth-order valence-corrected chi connectivity index (χ4v) is 1.92. The summed E-state index contributed by atoms with van der Waals surface area (Å²) in [6.45, 7) is 1.44. The molecule has 2 rings (SSSR count). The van der Waals surface area contributed by atoms with E-state index < -0.39 is 0 Å². The minimum absolute atomic E-state index is 0.0781. The van der Waals surface area contributed by atoms with Crippen molar-refractivity contribution in [3.05, 3.63) is 30.2 Å². The smallest absolute Gasteiger partial charge is 0.266 e. The quantitative estimate of drug-likeness (QED) is 0.652. The summed E-state index contributed by atoms with van der Waals surface area (Å²) >= 11 is 0. The molecule has 1 aliphatic heterocycles. The Morgan fingerprint density at radius 1 is 1.32 bits per heavy atom. The third-order valence-electron chi connectivity index (χ3n) is 2.91. The lowest BCUT2D eigenvalue weighted by molar-refractivity contribution is -0.127.